The van der Waals surface area contributed by atoms with Crippen molar-refractivity contribution < 1.29 is 18.7 Å². The molecule has 0 spiro atoms. The van der Waals surface area contributed by atoms with Gasteiger partial charge in [0.1, 0.15) is 22.7 Å². The Morgan fingerprint density at radius 1 is 1.21 bits per heavy atom. The third-order valence-corrected chi connectivity index (χ3v) is 3.70. The van der Waals surface area contributed by atoms with Crippen LogP contribution in [0.5, 0.6) is 5.88 Å². The molecule has 0 saturated heterocycles. The molecule has 3 aromatic rings. The molecule has 0 bridgehead atoms. The molecule has 0 unspecified atom stereocenters. The van der Waals surface area contributed by atoms with Crippen LogP contribution in [0, 0.1) is 0 Å². The van der Waals surface area contributed by atoms with E-state index in [1.165, 1.54) is 14.2 Å². The Labute approximate surface area is 139 Å². The van der Waals surface area contributed by atoms with Crippen molar-refractivity contribution in [3.05, 3.63) is 53.8 Å². The molecule has 2 aromatic heterocycles. The maximum absolute atomic E-state index is 11.7. The molecule has 2 heterocycles. The number of pyridine rings is 1. The molecule has 0 aliphatic rings. The number of hydrogen-bond donors (Lipinski definition) is 0. The summed E-state index contributed by atoms with van der Waals surface area (Å²) in [7, 11) is 4.69. The minimum Gasteiger partial charge on any atom is -0.480 e. The van der Waals surface area contributed by atoms with Crippen LogP contribution in [-0.2, 0) is 11.3 Å². The number of methoxy groups -OCH3 is 2. The highest BCUT2D eigenvalue weighted by molar-refractivity contribution is 5.92. The highest BCUT2D eigenvalue weighted by Crippen LogP contribution is 2.24. The molecule has 0 atom stereocenters. The average molecular weight is 326 g/mol. The summed E-state index contributed by atoms with van der Waals surface area (Å²) >= 11 is 0. The molecule has 24 heavy (non-hydrogen) atoms. The van der Waals surface area contributed by atoms with Crippen LogP contribution in [0.4, 0.5) is 5.82 Å². The summed E-state index contributed by atoms with van der Waals surface area (Å²) < 4.78 is 15.7. The van der Waals surface area contributed by atoms with Crippen molar-refractivity contribution in [3.8, 4) is 5.88 Å². The van der Waals surface area contributed by atoms with Gasteiger partial charge in [0, 0.05) is 12.4 Å². The first-order chi connectivity index (χ1) is 11.6. The molecule has 1 aromatic carbocycles. The number of rotatable bonds is 5. The zero-order valence-electron chi connectivity index (χ0n) is 13.8. The van der Waals surface area contributed by atoms with E-state index in [0.717, 1.165) is 16.7 Å². The Balaban J connectivity index is 1.84. The second-order valence-electron chi connectivity index (χ2n) is 5.32. The molecule has 3 rings (SSSR count). The lowest BCUT2D eigenvalue weighted by Crippen LogP contribution is -2.18. The molecule has 0 aliphatic heterocycles. The van der Waals surface area contributed by atoms with Crippen molar-refractivity contribution in [1.82, 2.24) is 4.98 Å². The van der Waals surface area contributed by atoms with E-state index in [1.54, 1.807) is 12.1 Å². The van der Waals surface area contributed by atoms with Crippen LogP contribution in [-0.4, -0.2) is 32.2 Å². The van der Waals surface area contributed by atoms with Gasteiger partial charge < -0.3 is 18.8 Å². The Bertz CT molecular complexity index is 839. The zero-order valence-corrected chi connectivity index (χ0v) is 13.8. The molecule has 0 radical (unpaired) electrons. The van der Waals surface area contributed by atoms with Crippen molar-refractivity contribution >= 4 is 22.8 Å². The molecule has 0 aliphatic carbocycles. The van der Waals surface area contributed by atoms with Crippen LogP contribution in [0.25, 0.3) is 11.0 Å². The van der Waals surface area contributed by atoms with E-state index in [1.807, 2.05) is 42.3 Å². The minimum atomic E-state index is -0.481. The topological polar surface area (TPSA) is 64.8 Å². The van der Waals surface area contributed by atoms with Gasteiger partial charge in [-0.3, -0.25) is 0 Å². The smallest absolute Gasteiger partial charge is 0.343 e. The standard InChI is InChI=1S/C18H18N2O4/c1-20(11-13-10-12-6-4-5-7-15(12)24-13)16-9-8-14(18(21)23-3)17(19-16)22-2/h4-10H,11H2,1-3H3. The minimum absolute atomic E-state index is 0.232. The highest BCUT2D eigenvalue weighted by atomic mass is 16.5. The predicted octanol–water partition coefficient (Wildman–Crippen LogP) is 3.26. The van der Waals surface area contributed by atoms with Gasteiger partial charge in [0.15, 0.2) is 0 Å². The van der Waals surface area contributed by atoms with E-state index in [-0.39, 0.29) is 5.88 Å². The number of hydrogen-bond acceptors (Lipinski definition) is 6. The summed E-state index contributed by atoms with van der Waals surface area (Å²) in [5.41, 5.74) is 1.15. The number of aromatic nitrogens is 1. The summed E-state index contributed by atoms with van der Waals surface area (Å²) in [4.78, 5) is 18.0. The average Bonchev–Trinajstić information content (AvgIpc) is 3.02. The number of anilines is 1. The lowest BCUT2D eigenvalue weighted by molar-refractivity contribution is 0.0596. The Kier molecular flexibility index (Phi) is 4.37. The first-order valence-electron chi connectivity index (χ1n) is 7.44. The largest absolute Gasteiger partial charge is 0.480 e. The fourth-order valence-corrected chi connectivity index (χ4v) is 2.49. The van der Waals surface area contributed by atoms with Gasteiger partial charge in [-0.25, -0.2) is 4.79 Å². The van der Waals surface area contributed by atoms with Gasteiger partial charge in [0.2, 0.25) is 5.88 Å². The van der Waals surface area contributed by atoms with Gasteiger partial charge in [0.05, 0.1) is 20.8 Å². The fraction of sp³-hybridized carbons (Fsp3) is 0.222. The van der Waals surface area contributed by atoms with Gasteiger partial charge in [-0.1, -0.05) is 18.2 Å². The maximum Gasteiger partial charge on any atom is 0.343 e. The van der Waals surface area contributed by atoms with Crippen molar-refractivity contribution in [2.45, 2.75) is 6.54 Å². The first-order valence-corrected chi connectivity index (χ1v) is 7.44. The van der Waals surface area contributed by atoms with E-state index in [9.17, 15) is 4.79 Å². The van der Waals surface area contributed by atoms with Crippen LogP contribution in [0.3, 0.4) is 0 Å². The van der Waals surface area contributed by atoms with Crippen LogP contribution in [0.15, 0.2) is 46.9 Å². The molecular formula is C18H18N2O4. The fourth-order valence-electron chi connectivity index (χ4n) is 2.49. The third-order valence-electron chi connectivity index (χ3n) is 3.70. The Morgan fingerprint density at radius 3 is 2.71 bits per heavy atom. The lowest BCUT2D eigenvalue weighted by Gasteiger charge is -2.18. The SMILES string of the molecule is COC(=O)c1ccc(N(C)Cc2cc3ccccc3o2)nc1OC. The third kappa shape index (κ3) is 3.03. The predicted molar refractivity (Wildman–Crippen MR) is 90.4 cm³/mol. The van der Waals surface area contributed by atoms with E-state index in [2.05, 4.69) is 4.98 Å². The number of nitrogens with zero attached hydrogens (tertiary/aromatic N) is 2. The van der Waals surface area contributed by atoms with Crippen LogP contribution < -0.4 is 9.64 Å². The van der Waals surface area contributed by atoms with Crippen molar-refractivity contribution in [2.75, 3.05) is 26.2 Å². The number of para-hydroxylation sites is 1. The monoisotopic (exact) mass is 326 g/mol. The summed E-state index contributed by atoms with van der Waals surface area (Å²) in [6.07, 6.45) is 0. The molecule has 6 heteroatoms. The van der Waals surface area contributed by atoms with Crippen LogP contribution in [0.1, 0.15) is 16.1 Å². The molecular weight excluding hydrogens is 308 g/mol. The molecule has 0 fully saturated rings. The Morgan fingerprint density at radius 2 is 2.00 bits per heavy atom. The second-order valence-corrected chi connectivity index (χ2v) is 5.32. The Hall–Kier alpha value is -3.02. The van der Waals surface area contributed by atoms with Gasteiger partial charge in [-0.15, -0.1) is 0 Å². The van der Waals surface area contributed by atoms with Gasteiger partial charge in [-0.05, 0) is 24.3 Å². The van der Waals surface area contributed by atoms with Gasteiger partial charge in [-0.2, -0.15) is 4.98 Å². The molecule has 0 N–H and O–H groups in total. The first kappa shape index (κ1) is 15.9. The van der Waals surface area contributed by atoms with Crippen molar-refractivity contribution in [2.24, 2.45) is 0 Å². The number of fused-ring (bicyclic) bond motifs is 1. The summed E-state index contributed by atoms with van der Waals surface area (Å²) in [6.45, 7) is 0.544. The van der Waals surface area contributed by atoms with E-state index in [0.29, 0.717) is 17.9 Å². The van der Waals surface area contributed by atoms with Crippen LogP contribution >= 0.6 is 0 Å². The molecule has 124 valence electrons. The number of furan rings is 1. The number of carbonyl (C=O) groups is 1. The number of esters is 1. The quantitative estimate of drug-likeness (QED) is 0.671. The zero-order chi connectivity index (χ0) is 17.1. The van der Waals surface area contributed by atoms with E-state index < -0.39 is 5.97 Å². The lowest BCUT2D eigenvalue weighted by atomic mass is 10.2. The second kappa shape index (κ2) is 6.62. The van der Waals surface area contributed by atoms with Crippen molar-refractivity contribution in [1.29, 1.82) is 0 Å². The molecule has 0 saturated carbocycles. The van der Waals surface area contributed by atoms with Gasteiger partial charge in [0.25, 0.3) is 0 Å². The van der Waals surface area contributed by atoms with E-state index in [4.69, 9.17) is 13.9 Å². The highest BCUT2D eigenvalue weighted by Gasteiger charge is 2.16. The van der Waals surface area contributed by atoms with E-state index >= 15 is 0 Å². The maximum atomic E-state index is 11.7. The van der Waals surface area contributed by atoms with Crippen LogP contribution in [0.2, 0.25) is 0 Å². The summed E-state index contributed by atoms with van der Waals surface area (Å²) in [5, 5.41) is 1.06. The molecule has 0 amide bonds. The number of ether oxygens (including phenoxy) is 2. The number of benzene rings is 1. The van der Waals surface area contributed by atoms with Crippen molar-refractivity contribution in [3.63, 3.8) is 0 Å². The summed E-state index contributed by atoms with van der Waals surface area (Å²) in [6, 6.07) is 13.3. The molecule has 6 nitrogen and oxygen atoms in total. The number of carbonyl (C=O) groups excluding carboxylic acids is 1. The summed E-state index contributed by atoms with van der Waals surface area (Å²) in [5.74, 6) is 1.25. The normalized spacial score (nSPS) is 10.6. The van der Waals surface area contributed by atoms with Gasteiger partial charge >= 0.3 is 5.97 Å².